The Labute approximate surface area is 107 Å². The number of pyridine rings is 1. The number of carbonyl (C=O) groups is 1. The third kappa shape index (κ3) is 2.97. The molecule has 4 heteroatoms. The zero-order chi connectivity index (χ0) is 12.3. The van der Waals surface area contributed by atoms with E-state index in [2.05, 4.69) is 20.9 Å². The van der Waals surface area contributed by atoms with Gasteiger partial charge in [0.05, 0.1) is 10.9 Å². The number of halogens is 2. The molecule has 2 aromatic rings. The second-order valence-electron chi connectivity index (χ2n) is 3.55. The maximum atomic E-state index is 13.0. The molecule has 2 nitrogen and oxygen atoms in total. The van der Waals surface area contributed by atoms with Crippen molar-refractivity contribution in [3.8, 4) is 0 Å². The fourth-order valence-electron chi connectivity index (χ4n) is 1.44. The molecule has 0 bridgehead atoms. The molecule has 0 N–H and O–H groups in total. The lowest BCUT2D eigenvalue weighted by Gasteiger charge is -2.02. The van der Waals surface area contributed by atoms with Gasteiger partial charge in [-0.15, -0.1) is 0 Å². The number of ketones is 1. The Morgan fingerprint density at radius 1 is 1.29 bits per heavy atom. The van der Waals surface area contributed by atoms with Gasteiger partial charge in [-0.25, -0.2) is 4.39 Å². The van der Waals surface area contributed by atoms with Crippen LogP contribution in [-0.4, -0.2) is 10.8 Å². The van der Waals surface area contributed by atoms with Crippen molar-refractivity contribution >= 4 is 21.7 Å². The molecule has 0 atom stereocenters. The van der Waals surface area contributed by atoms with Gasteiger partial charge >= 0.3 is 0 Å². The van der Waals surface area contributed by atoms with Gasteiger partial charge in [-0.3, -0.25) is 9.78 Å². The summed E-state index contributed by atoms with van der Waals surface area (Å²) in [6, 6.07) is 9.65. The SMILES string of the molecule is O=C(Cc1ccccn1)c1ccc(F)c(Br)c1. The molecule has 0 spiro atoms. The van der Waals surface area contributed by atoms with Gasteiger partial charge < -0.3 is 0 Å². The van der Waals surface area contributed by atoms with E-state index < -0.39 is 0 Å². The van der Waals surface area contributed by atoms with Crippen LogP contribution in [0.3, 0.4) is 0 Å². The molecule has 2 rings (SSSR count). The lowest BCUT2D eigenvalue weighted by atomic mass is 10.1. The van der Waals surface area contributed by atoms with Gasteiger partial charge in [0.15, 0.2) is 5.78 Å². The van der Waals surface area contributed by atoms with E-state index in [1.165, 1.54) is 18.2 Å². The number of benzene rings is 1. The van der Waals surface area contributed by atoms with Crippen molar-refractivity contribution in [3.05, 3.63) is 64.1 Å². The summed E-state index contributed by atoms with van der Waals surface area (Å²) in [5.74, 6) is -0.455. The van der Waals surface area contributed by atoms with Crippen molar-refractivity contribution in [2.24, 2.45) is 0 Å². The molecule has 0 amide bonds. The summed E-state index contributed by atoms with van der Waals surface area (Å²) in [7, 11) is 0. The number of hydrogen-bond acceptors (Lipinski definition) is 2. The highest BCUT2D eigenvalue weighted by Gasteiger charge is 2.09. The van der Waals surface area contributed by atoms with Crippen molar-refractivity contribution in [2.45, 2.75) is 6.42 Å². The summed E-state index contributed by atoms with van der Waals surface area (Å²) in [5, 5.41) is 0. The molecule has 1 heterocycles. The van der Waals surface area contributed by atoms with Gasteiger partial charge in [0.2, 0.25) is 0 Å². The van der Waals surface area contributed by atoms with E-state index in [0.29, 0.717) is 15.7 Å². The molecule has 0 aliphatic heterocycles. The zero-order valence-corrected chi connectivity index (χ0v) is 10.4. The summed E-state index contributed by atoms with van der Waals surface area (Å²) < 4.78 is 13.3. The fraction of sp³-hybridized carbons (Fsp3) is 0.0769. The summed E-state index contributed by atoms with van der Waals surface area (Å²) >= 11 is 3.06. The molecule has 0 unspecified atom stereocenters. The van der Waals surface area contributed by atoms with E-state index in [4.69, 9.17) is 0 Å². The van der Waals surface area contributed by atoms with E-state index in [0.717, 1.165) is 0 Å². The Hall–Kier alpha value is -1.55. The second-order valence-corrected chi connectivity index (χ2v) is 4.40. The minimum Gasteiger partial charge on any atom is -0.294 e. The van der Waals surface area contributed by atoms with Crippen molar-refractivity contribution in [2.75, 3.05) is 0 Å². The van der Waals surface area contributed by atoms with Crippen molar-refractivity contribution in [3.63, 3.8) is 0 Å². The monoisotopic (exact) mass is 293 g/mol. The van der Waals surface area contributed by atoms with Crippen molar-refractivity contribution in [1.29, 1.82) is 0 Å². The van der Waals surface area contributed by atoms with E-state index in [9.17, 15) is 9.18 Å². The molecular formula is C13H9BrFNO. The van der Waals surface area contributed by atoms with Gasteiger partial charge in [0, 0.05) is 17.5 Å². The van der Waals surface area contributed by atoms with Crippen LogP contribution in [0.1, 0.15) is 16.1 Å². The Morgan fingerprint density at radius 2 is 2.12 bits per heavy atom. The average molecular weight is 294 g/mol. The molecule has 0 aliphatic carbocycles. The first-order chi connectivity index (χ1) is 8.16. The Bertz CT molecular complexity index is 542. The smallest absolute Gasteiger partial charge is 0.168 e. The van der Waals surface area contributed by atoms with E-state index >= 15 is 0 Å². The largest absolute Gasteiger partial charge is 0.294 e. The zero-order valence-electron chi connectivity index (χ0n) is 8.86. The third-order valence-corrected chi connectivity index (χ3v) is 2.92. The molecule has 0 fully saturated rings. The molecule has 17 heavy (non-hydrogen) atoms. The molecular weight excluding hydrogens is 285 g/mol. The number of carbonyl (C=O) groups excluding carboxylic acids is 1. The second kappa shape index (κ2) is 5.19. The molecule has 0 saturated heterocycles. The maximum absolute atomic E-state index is 13.0. The van der Waals surface area contributed by atoms with Crippen LogP contribution in [0.5, 0.6) is 0 Å². The van der Waals surface area contributed by atoms with Crippen LogP contribution in [0.4, 0.5) is 4.39 Å². The minimum absolute atomic E-state index is 0.0793. The summed E-state index contributed by atoms with van der Waals surface area (Å²) in [6.45, 7) is 0. The van der Waals surface area contributed by atoms with E-state index in [1.54, 1.807) is 18.3 Å². The highest BCUT2D eigenvalue weighted by atomic mass is 79.9. The van der Waals surface area contributed by atoms with Crippen LogP contribution in [0, 0.1) is 5.82 Å². The van der Waals surface area contributed by atoms with Crippen LogP contribution >= 0.6 is 15.9 Å². The maximum Gasteiger partial charge on any atom is 0.168 e. The summed E-state index contributed by atoms with van der Waals surface area (Å²) in [6.07, 6.45) is 1.86. The van der Waals surface area contributed by atoms with Crippen LogP contribution in [0.2, 0.25) is 0 Å². The Kier molecular flexibility index (Phi) is 3.64. The normalized spacial score (nSPS) is 10.2. The molecule has 0 radical (unpaired) electrons. The third-order valence-electron chi connectivity index (χ3n) is 2.31. The highest BCUT2D eigenvalue weighted by molar-refractivity contribution is 9.10. The fourth-order valence-corrected chi connectivity index (χ4v) is 1.82. The molecule has 86 valence electrons. The first-order valence-corrected chi connectivity index (χ1v) is 5.84. The summed E-state index contributed by atoms with van der Waals surface area (Å²) in [4.78, 5) is 16.0. The topological polar surface area (TPSA) is 30.0 Å². The molecule has 0 aliphatic rings. The Balaban J connectivity index is 2.18. The molecule has 0 saturated carbocycles. The molecule has 1 aromatic heterocycles. The van der Waals surface area contributed by atoms with E-state index in [-0.39, 0.29) is 18.0 Å². The van der Waals surface area contributed by atoms with Crippen LogP contribution in [0.15, 0.2) is 47.1 Å². The number of aromatic nitrogens is 1. The van der Waals surface area contributed by atoms with Crippen molar-refractivity contribution in [1.82, 2.24) is 4.98 Å². The van der Waals surface area contributed by atoms with Crippen LogP contribution in [0.25, 0.3) is 0 Å². The predicted octanol–water partition coefficient (Wildman–Crippen LogP) is 3.41. The first kappa shape index (κ1) is 11.9. The Morgan fingerprint density at radius 3 is 2.76 bits per heavy atom. The van der Waals surface area contributed by atoms with Crippen LogP contribution in [-0.2, 0) is 6.42 Å². The standard InChI is InChI=1S/C13H9BrFNO/c14-11-7-9(4-5-12(11)15)13(17)8-10-3-1-2-6-16-10/h1-7H,8H2. The lowest BCUT2D eigenvalue weighted by molar-refractivity contribution is 0.0992. The van der Waals surface area contributed by atoms with Crippen LogP contribution < -0.4 is 0 Å². The van der Waals surface area contributed by atoms with Crippen molar-refractivity contribution < 1.29 is 9.18 Å². The quantitative estimate of drug-likeness (QED) is 0.812. The van der Waals surface area contributed by atoms with Gasteiger partial charge in [-0.05, 0) is 46.3 Å². The van der Waals surface area contributed by atoms with Gasteiger partial charge in [-0.2, -0.15) is 0 Å². The molecule has 1 aromatic carbocycles. The highest BCUT2D eigenvalue weighted by Crippen LogP contribution is 2.17. The average Bonchev–Trinajstić information content (AvgIpc) is 2.34. The van der Waals surface area contributed by atoms with Gasteiger partial charge in [-0.1, -0.05) is 6.07 Å². The van der Waals surface area contributed by atoms with E-state index in [1.807, 2.05) is 6.07 Å². The lowest BCUT2D eigenvalue weighted by Crippen LogP contribution is -2.05. The number of hydrogen-bond donors (Lipinski definition) is 0. The number of rotatable bonds is 3. The first-order valence-electron chi connectivity index (χ1n) is 5.05. The minimum atomic E-state index is -0.376. The van der Waals surface area contributed by atoms with Gasteiger partial charge in [0.25, 0.3) is 0 Å². The van der Waals surface area contributed by atoms with Gasteiger partial charge in [0.1, 0.15) is 5.82 Å². The predicted molar refractivity (Wildman–Crippen MR) is 66.4 cm³/mol. The number of Topliss-reactive ketones (excluding diaryl/α,β-unsaturated/α-hetero) is 1. The number of nitrogens with zero attached hydrogens (tertiary/aromatic N) is 1. The summed E-state index contributed by atoms with van der Waals surface area (Å²) in [5.41, 5.74) is 1.18.